The number of carbonyl (C=O) groups excluding carboxylic acids is 4. The lowest BCUT2D eigenvalue weighted by molar-refractivity contribution is -0.133. The normalized spacial score (nSPS) is 17.8. The molecule has 1 aliphatic rings. The number of nitrogens with one attached hydrogen (secondary N) is 3. The van der Waals surface area contributed by atoms with Gasteiger partial charge in [0.25, 0.3) is 0 Å². The Hall–Kier alpha value is -3.52. The van der Waals surface area contributed by atoms with E-state index in [1.165, 1.54) is 0 Å². The Bertz CT molecular complexity index is 1110. The number of carbonyl (C=O) groups is 4. The molecule has 0 radical (unpaired) electrons. The van der Waals surface area contributed by atoms with E-state index in [1.54, 1.807) is 6.92 Å². The van der Waals surface area contributed by atoms with Gasteiger partial charge in [-0.2, -0.15) is 0 Å². The van der Waals surface area contributed by atoms with Crippen LogP contribution in [0.5, 0.6) is 0 Å². The fourth-order valence-corrected chi connectivity index (χ4v) is 4.18. The molecule has 2 aromatic rings. The molecule has 0 aliphatic carbocycles. The molecular formula is C30H39N3O5. The first-order valence-electron chi connectivity index (χ1n) is 13.2. The molecule has 0 unspecified atom stereocenters. The molecule has 1 fully saturated rings. The summed E-state index contributed by atoms with van der Waals surface area (Å²) in [5, 5.41) is 8.23. The molecule has 1 aliphatic heterocycles. The van der Waals surface area contributed by atoms with Gasteiger partial charge in [0.15, 0.2) is 5.78 Å². The first-order valence-corrected chi connectivity index (χ1v) is 13.2. The van der Waals surface area contributed by atoms with Gasteiger partial charge in [0.2, 0.25) is 17.7 Å². The summed E-state index contributed by atoms with van der Waals surface area (Å²) in [4.78, 5) is 51.4. The zero-order chi connectivity index (χ0) is 27.7. The summed E-state index contributed by atoms with van der Waals surface area (Å²) in [6, 6.07) is 15.7. The van der Waals surface area contributed by atoms with Crippen LogP contribution in [0.3, 0.4) is 0 Å². The number of hydrogen-bond donors (Lipinski definition) is 3. The summed E-state index contributed by atoms with van der Waals surface area (Å²) in [5.74, 6) is -1.16. The van der Waals surface area contributed by atoms with Crippen LogP contribution in [-0.2, 0) is 36.8 Å². The Morgan fingerprint density at radius 1 is 0.895 bits per heavy atom. The second-order valence-corrected chi connectivity index (χ2v) is 10.6. The smallest absolute Gasteiger partial charge is 0.243 e. The summed E-state index contributed by atoms with van der Waals surface area (Å²) in [6.07, 6.45) is 1.54. The highest BCUT2D eigenvalue weighted by Gasteiger charge is 2.50. The molecule has 1 saturated heterocycles. The maximum atomic E-state index is 13.3. The predicted molar refractivity (Wildman–Crippen MR) is 145 cm³/mol. The van der Waals surface area contributed by atoms with E-state index in [-0.39, 0.29) is 37.0 Å². The van der Waals surface area contributed by atoms with Crippen LogP contribution >= 0.6 is 0 Å². The van der Waals surface area contributed by atoms with Crippen LogP contribution in [0.25, 0.3) is 0 Å². The van der Waals surface area contributed by atoms with E-state index in [9.17, 15) is 19.2 Å². The highest BCUT2D eigenvalue weighted by Crippen LogP contribution is 2.29. The Morgan fingerprint density at radius 3 is 2.16 bits per heavy atom. The van der Waals surface area contributed by atoms with Gasteiger partial charge in [0.1, 0.15) is 11.6 Å². The summed E-state index contributed by atoms with van der Waals surface area (Å²) >= 11 is 0. The quantitative estimate of drug-likeness (QED) is 0.331. The van der Waals surface area contributed by atoms with Crippen molar-refractivity contribution in [2.75, 3.05) is 13.2 Å². The largest absolute Gasteiger partial charge is 0.361 e. The van der Waals surface area contributed by atoms with E-state index in [1.807, 2.05) is 75.4 Å². The van der Waals surface area contributed by atoms with Gasteiger partial charge in [-0.25, -0.2) is 0 Å². The molecule has 0 bridgehead atoms. The van der Waals surface area contributed by atoms with Crippen LogP contribution in [0.15, 0.2) is 54.6 Å². The number of Topliss-reactive ketones (excluding diaryl/α,β-unsaturated/α-hetero) is 1. The van der Waals surface area contributed by atoms with Gasteiger partial charge >= 0.3 is 0 Å². The Labute approximate surface area is 224 Å². The molecule has 0 aromatic heterocycles. The number of hydrogen-bond acceptors (Lipinski definition) is 5. The second-order valence-electron chi connectivity index (χ2n) is 10.6. The van der Waals surface area contributed by atoms with Crippen LogP contribution in [0.4, 0.5) is 0 Å². The molecule has 3 rings (SSSR count). The minimum absolute atomic E-state index is 0.162. The number of aryl methyl sites for hydroxylation is 2. The Morgan fingerprint density at radius 2 is 1.55 bits per heavy atom. The molecule has 3 amide bonds. The van der Waals surface area contributed by atoms with E-state index in [4.69, 9.17) is 4.74 Å². The molecule has 38 heavy (non-hydrogen) atoms. The van der Waals surface area contributed by atoms with Crippen molar-refractivity contribution in [1.82, 2.24) is 16.0 Å². The molecular weight excluding hydrogens is 482 g/mol. The third kappa shape index (κ3) is 9.10. The zero-order valence-electron chi connectivity index (χ0n) is 22.7. The Balaban J connectivity index is 1.59. The molecule has 2 aromatic carbocycles. The summed E-state index contributed by atoms with van der Waals surface area (Å²) in [6.45, 7) is 7.78. The summed E-state index contributed by atoms with van der Waals surface area (Å²) in [5.41, 5.74) is 2.19. The molecule has 1 heterocycles. The first kappa shape index (κ1) is 29.0. The van der Waals surface area contributed by atoms with E-state index >= 15 is 0 Å². The van der Waals surface area contributed by atoms with E-state index in [2.05, 4.69) is 16.0 Å². The molecule has 3 atom stereocenters. The molecule has 8 heteroatoms. The highest BCUT2D eigenvalue weighted by molar-refractivity contribution is 5.98. The van der Waals surface area contributed by atoms with Gasteiger partial charge in [-0.05, 0) is 43.7 Å². The lowest BCUT2D eigenvalue weighted by atomic mass is 9.93. The lowest BCUT2D eigenvalue weighted by Crippen LogP contribution is -2.55. The molecule has 8 nitrogen and oxygen atoms in total. The first-order chi connectivity index (χ1) is 18.1. The monoisotopic (exact) mass is 521 g/mol. The SMILES string of the molecule is Cc1ccc(CCC(=O)NCC(=O)N[C@@H](Cc2ccccc2)C(=O)N[C@@H](CC(C)C)C(=O)[C@@]2(C)CO2)cc1. The second kappa shape index (κ2) is 13.3. The minimum Gasteiger partial charge on any atom is -0.361 e. The van der Waals surface area contributed by atoms with Crippen molar-refractivity contribution < 1.29 is 23.9 Å². The molecule has 0 spiro atoms. The average Bonchev–Trinajstić information content (AvgIpc) is 3.64. The van der Waals surface area contributed by atoms with Crippen molar-refractivity contribution in [2.24, 2.45) is 5.92 Å². The van der Waals surface area contributed by atoms with Crippen molar-refractivity contribution in [3.05, 3.63) is 71.3 Å². The van der Waals surface area contributed by atoms with E-state index < -0.39 is 29.5 Å². The maximum absolute atomic E-state index is 13.3. The Kier molecular flexibility index (Phi) is 10.2. The number of ketones is 1. The van der Waals surface area contributed by atoms with Gasteiger partial charge in [0, 0.05) is 12.8 Å². The van der Waals surface area contributed by atoms with Gasteiger partial charge in [-0.15, -0.1) is 0 Å². The van der Waals surface area contributed by atoms with Crippen molar-refractivity contribution >= 4 is 23.5 Å². The highest BCUT2D eigenvalue weighted by atomic mass is 16.6. The van der Waals surface area contributed by atoms with Crippen molar-refractivity contribution in [2.45, 2.75) is 71.1 Å². The van der Waals surface area contributed by atoms with Crippen molar-refractivity contribution in [3.8, 4) is 0 Å². The van der Waals surface area contributed by atoms with Crippen LogP contribution in [0.2, 0.25) is 0 Å². The number of ether oxygens (including phenoxy) is 1. The van der Waals surface area contributed by atoms with Gasteiger partial charge in [-0.3, -0.25) is 19.2 Å². The standard InChI is InChI=1S/C30H39N3O5/c1-20(2)16-24(28(36)30(4)19-38-30)33-29(37)25(17-23-8-6-5-7-9-23)32-27(35)18-31-26(34)15-14-22-12-10-21(3)11-13-22/h5-13,20,24-25H,14-19H2,1-4H3,(H,31,34)(H,32,35)(H,33,37)/t24-,25-,30+/m0/s1. The fraction of sp³-hybridized carbons (Fsp3) is 0.467. The average molecular weight is 522 g/mol. The van der Waals surface area contributed by atoms with Gasteiger partial charge in [0.05, 0.1) is 19.2 Å². The van der Waals surface area contributed by atoms with Crippen molar-refractivity contribution in [1.29, 1.82) is 0 Å². The van der Waals surface area contributed by atoms with Crippen LogP contribution in [0.1, 0.15) is 50.3 Å². The van der Waals surface area contributed by atoms with E-state index in [0.717, 1.165) is 16.7 Å². The van der Waals surface area contributed by atoms with Crippen LogP contribution in [-0.4, -0.2) is 54.3 Å². The maximum Gasteiger partial charge on any atom is 0.243 e. The number of epoxide rings is 1. The minimum atomic E-state index is -0.912. The van der Waals surface area contributed by atoms with Crippen molar-refractivity contribution in [3.63, 3.8) is 0 Å². The van der Waals surface area contributed by atoms with Gasteiger partial charge in [-0.1, -0.05) is 74.0 Å². The fourth-order valence-electron chi connectivity index (χ4n) is 4.18. The number of benzene rings is 2. The third-order valence-electron chi connectivity index (χ3n) is 6.58. The third-order valence-corrected chi connectivity index (χ3v) is 6.58. The van der Waals surface area contributed by atoms with Crippen LogP contribution in [0, 0.1) is 12.8 Å². The predicted octanol–water partition coefficient (Wildman–Crippen LogP) is 2.66. The summed E-state index contributed by atoms with van der Waals surface area (Å²) < 4.78 is 5.32. The summed E-state index contributed by atoms with van der Waals surface area (Å²) in [7, 11) is 0. The van der Waals surface area contributed by atoms with E-state index in [0.29, 0.717) is 19.4 Å². The lowest BCUT2D eigenvalue weighted by Gasteiger charge is -2.25. The number of amides is 3. The van der Waals surface area contributed by atoms with Crippen LogP contribution < -0.4 is 16.0 Å². The molecule has 3 N–H and O–H groups in total. The molecule has 0 saturated carbocycles. The molecule has 204 valence electrons. The zero-order valence-corrected chi connectivity index (χ0v) is 22.7. The number of rotatable bonds is 14. The van der Waals surface area contributed by atoms with Gasteiger partial charge < -0.3 is 20.7 Å². The topological polar surface area (TPSA) is 117 Å².